The molecule has 2 atom stereocenters. The molecule has 3 aromatic rings. The number of hydrogen-bond acceptors (Lipinski definition) is 6. The van der Waals surface area contributed by atoms with E-state index in [1.165, 1.54) is 0 Å². The number of amides is 1. The summed E-state index contributed by atoms with van der Waals surface area (Å²) in [5.41, 5.74) is 2.56. The molecule has 1 aromatic carbocycles. The second kappa shape index (κ2) is 11.9. The first kappa shape index (κ1) is 28.1. The van der Waals surface area contributed by atoms with Crippen LogP contribution in [-0.4, -0.2) is 69.9 Å². The van der Waals surface area contributed by atoms with Gasteiger partial charge < -0.3 is 29.0 Å². The predicted octanol–water partition coefficient (Wildman–Crippen LogP) is 5.56. The van der Waals surface area contributed by atoms with Crippen molar-refractivity contribution in [2.75, 3.05) is 46.8 Å². The van der Waals surface area contributed by atoms with Crippen LogP contribution < -0.4 is 14.8 Å². The smallest absolute Gasteiger partial charge is 0.228 e. The monoisotopic (exact) mass is 538 g/mol. The SMILES string of the molecule is COc1cccc(OC)c1-c1cn(COCC[Si](C)(C)C)c2nc(NC(=O)C3CC3CCN(C)C)ccc12. The van der Waals surface area contributed by atoms with E-state index in [1.807, 2.05) is 41.1 Å². The maximum Gasteiger partial charge on any atom is 0.228 e. The molecule has 2 unspecified atom stereocenters. The number of aromatic nitrogens is 2. The Morgan fingerprint density at radius 3 is 2.47 bits per heavy atom. The summed E-state index contributed by atoms with van der Waals surface area (Å²) < 4.78 is 19.5. The number of nitrogens with one attached hydrogen (secondary N) is 1. The van der Waals surface area contributed by atoms with Crippen LogP contribution in [0.25, 0.3) is 22.2 Å². The molecule has 0 aliphatic heterocycles. The summed E-state index contributed by atoms with van der Waals surface area (Å²) in [5, 5.41) is 4.00. The van der Waals surface area contributed by atoms with Gasteiger partial charge in [0.1, 0.15) is 29.7 Å². The molecule has 0 saturated heterocycles. The summed E-state index contributed by atoms with van der Waals surface area (Å²) in [7, 11) is 6.24. The number of carbonyl (C=O) groups is 1. The van der Waals surface area contributed by atoms with E-state index >= 15 is 0 Å². The second-order valence-corrected chi connectivity index (χ2v) is 17.3. The van der Waals surface area contributed by atoms with Gasteiger partial charge in [-0.05, 0) is 69.7 Å². The maximum absolute atomic E-state index is 12.9. The van der Waals surface area contributed by atoms with Crippen molar-refractivity contribution < 1.29 is 19.0 Å². The zero-order chi connectivity index (χ0) is 27.4. The van der Waals surface area contributed by atoms with Crippen LogP contribution in [-0.2, 0) is 16.3 Å². The highest BCUT2D eigenvalue weighted by Crippen LogP contribution is 2.43. The Labute approximate surface area is 227 Å². The van der Waals surface area contributed by atoms with Gasteiger partial charge >= 0.3 is 0 Å². The molecular formula is C29H42N4O4Si. The van der Waals surface area contributed by atoms with Crippen molar-refractivity contribution in [3.63, 3.8) is 0 Å². The van der Waals surface area contributed by atoms with Crippen molar-refractivity contribution in [1.29, 1.82) is 0 Å². The fourth-order valence-electron chi connectivity index (χ4n) is 4.72. The van der Waals surface area contributed by atoms with Gasteiger partial charge in [0.05, 0.1) is 19.8 Å². The van der Waals surface area contributed by atoms with Crippen LogP contribution in [0.2, 0.25) is 25.7 Å². The van der Waals surface area contributed by atoms with E-state index < -0.39 is 8.07 Å². The van der Waals surface area contributed by atoms with Crippen molar-refractivity contribution in [1.82, 2.24) is 14.5 Å². The lowest BCUT2D eigenvalue weighted by molar-refractivity contribution is -0.117. The molecule has 206 valence electrons. The molecule has 2 heterocycles. The predicted molar refractivity (Wildman–Crippen MR) is 156 cm³/mol. The Bertz CT molecular complexity index is 1250. The normalized spacial score (nSPS) is 17.2. The quantitative estimate of drug-likeness (QED) is 0.227. The van der Waals surface area contributed by atoms with Gasteiger partial charge in [0.15, 0.2) is 0 Å². The van der Waals surface area contributed by atoms with E-state index in [0.29, 0.717) is 25.1 Å². The lowest BCUT2D eigenvalue weighted by Gasteiger charge is -2.15. The molecule has 1 N–H and O–H groups in total. The number of methoxy groups -OCH3 is 2. The summed E-state index contributed by atoms with van der Waals surface area (Å²) in [4.78, 5) is 20.0. The maximum atomic E-state index is 12.9. The molecule has 1 fully saturated rings. The third-order valence-electron chi connectivity index (χ3n) is 7.10. The Hall–Kier alpha value is -2.88. The fourth-order valence-corrected chi connectivity index (χ4v) is 5.48. The number of pyridine rings is 1. The molecular weight excluding hydrogens is 496 g/mol. The van der Waals surface area contributed by atoms with Crippen LogP contribution in [0.4, 0.5) is 5.82 Å². The molecule has 0 spiro atoms. The average Bonchev–Trinajstić information content (AvgIpc) is 3.58. The number of benzene rings is 1. The summed E-state index contributed by atoms with van der Waals surface area (Å²) in [5.74, 6) is 2.57. The van der Waals surface area contributed by atoms with Gasteiger partial charge in [-0.25, -0.2) is 4.98 Å². The van der Waals surface area contributed by atoms with Gasteiger partial charge in [-0.2, -0.15) is 0 Å². The van der Waals surface area contributed by atoms with Crippen LogP contribution in [0.1, 0.15) is 12.8 Å². The van der Waals surface area contributed by atoms with Gasteiger partial charge in [-0.1, -0.05) is 25.7 Å². The molecule has 1 aliphatic carbocycles. The minimum atomic E-state index is -1.20. The van der Waals surface area contributed by atoms with Crippen LogP contribution >= 0.6 is 0 Å². The molecule has 1 amide bonds. The van der Waals surface area contributed by atoms with Gasteiger partial charge in [-0.15, -0.1) is 0 Å². The van der Waals surface area contributed by atoms with E-state index in [1.54, 1.807) is 14.2 Å². The highest BCUT2D eigenvalue weighted by Gasteiger charge is 2.42. The number of ether oxygens (including phenoxy) is 3. The number of rotatable bonds is 13. The van der Waals surface area contributed by atoms with E-state index in [4.69, 9.17) is 19.2 Å². The molecule has 8 nitrogen and oxygen atoms in total. The van der Waals surface area contributed by atoms with Crippen molar-refractivity contribution in [2.45, 2.75) is 45.3 Å². The Kier molecular flexibility index (Phi) is 8.80. The molecule has 9 heteroatoms. The largest absolute Gasteiger partial charge is 0.496 e. The van der Waals surface area contributed by atoms with Crippen LogP contribution in [0.5, 0.6) is 11.5 Å². The van der Waals surface area contributed by atoms with Crippen molar-refractivity contribution >= 4 is 30.8 Å². The first-order valence-corrected chi connectivity index (χ1v) is 17.1. The molecule has 2 aromatic heterocycles. The van der Waals surface area contributed by atoms with Gasteiger partial charge in [0.25, 0.3) is 0 Å². The molecule has 0 bridgehead atoms. The Balaban J connectivity index is 1.63. The lowest BCUT2D eigenvalue weighted by Crippen LogP contribution is -2.22. The summed E-state index contributed by atoms with van der Waals surface area (Å²) in [6.45, 7) is 9.10. The van der Waals surface area contributed by atoms with Crippen LogP contribution in [0.15, 0.2) is 36.5 Å². The molecule has 4 rings (SSSR count). The van der Waals surface area contributed by atoms with Crippen molar-refractivity contribution in [3.8, 4) is 22.6 Å². The van der Waals surface area contributed by atoms with Crippen molar-refractivity contribution in [2.24, 2.45) is 11.8 Å². The van der Waals surface area contributed by atoms with Gasteiger partial charge in [-0.3, -0.25) is 4.79 Å². The van der Waals surface area contributed by atoms with Gasteiger partial charge in [0.2, 0.25) is 5.91 Å². The highest BCUT2D eigenvalue weighted by atomic mass is 28.3. The molecule has 38 heavy (non-hydrogen) atoms. The number of carbonyl (C=O) groups excluding carboxylic acids is 1. The van der Waals surface area contributed by atoms with E-state index in [-0.39, 0.29) is 11.8 Å². The average molecular weight is 539 g/mol. The fraction of sp³-hybridized carbons (Fsp3) is 0.517. The zero-order valence-electron chi connectivity index (χ0n) is 23.8. The van der Waals surface area contributed by atoms with E-state index in [9.17, 15) is 4.79 Å². The van der Waals surface area contributed by atoms with Crippen LogP contribution in [0, 0.1) is 11.8 Å². The zero-order valence-corrected chi connectivity index (χ0v) is 24.8. The topological polar surface area (TPSA) is 77.9 Å². The number of hydrogen-bond donors (Lipinski definition) is 1. The highest BCUT2D eigenvalue weighted by molar-refractivity contribution is 6.76. The van der Waals surface area contributed by atoms with Gasteiger partial charge in [0, 0.05) is 37.7 Å². The summed E-state index contributed by atoms with van der Waals surface area (Å²) in [6.07, 6.45) is 4.02. The first-order valence-electron chi connectivity index (χ1n) is 13.4. The minimum absolute atomic E-state index is 0.0525. The molecule has 1 saturated carbocycles. The lowest BCUT2D eigenvalue weighted by atomic mass is 10.0. The molecule has 1 aliphatic rings. The van der Waals surface area contributed by atoms with E-state index in [0.717, 1.165) is 59.1 Å². The Morgan fingerprint density at radius 1 is 1.13 bits per heavy atom. The number of nitrogens with zero attached hydrogens (tertiary/aromatic N) is 3. The molecule has 0 radical (unpaired) electrons. The summed E-state index contributed by atoms with van der Waals surface area (Å²) in [6, 6.07) is 10.7. The third kappa shape index (κ3) is 6.75. The van der Waals surface area contributed by atoms with Crippen molar-refractivity contribution in [3.05, 3.63) is 36.5 Å². The third-order valence-corrected chi connectivity index (χ3v) is 8.81. The Morgan fingerprint density at radius 2 is 1.84 bits per heavy atom. The number of anilines is 1. The first-order chi connectivity index (χ1) is 18.1. The van der Waals surface area contributed by atoms with E-state index in [2.05, 4.69) is 44.0 Å². The summed E-state index contributed by atoms with van der Waals surface area (Å²) >= 11 is 0. The number of fused-ring (bicyclic) bond motifs is 1. The van der Waals surface area contributed by atoms with Crippen LogP contribution in [0.3, 0.4) is 0 Å². The second-order valence-electron chi connectivity index (χ2n) is 11.6. The standard InChI is InChI=1S/C29H42N4O4Si/c1-32(2)14-13-20-17-22(20)29(34)31-26-12-11-21-23(27-24(35-3)9-8-10-25(27)36-4)18-33(28(21)30-26)19-37-15-16-38(5,6)7/h8-12,18,20,22H,13-17,19H2,1-7H3,(H,30,31,34). The minimum Gasteiger partial charge on any atom is -0.496 e.